The Hall–Kier alpha value is -3.38. The van der Waals surface area contributed by atoms with Gasteiger partial charge in [0, 0.05) is 15.6 Å². The van der Waals surface area contributed by atoms with E-state index in [0.29, 0.717) is 34.2 Å². The predicted octanol–water partition coefficient (Wildman–Crippen LogP) is 6.34. The largest absolute Gasteiger partial charge is 0.495 e. The summed E-state index contributed by atoms with van der Waals surface area (Å²) in [6, 6.07) is 20.6. The average molecular weight is 463 g/mol. The van der Waals surface area contributed by atoms with Crippen LogP contribution in [0.5, 0.6) is 5.75 Å². The Morgan fingerprint density at radius 1 is 1.07 bits per heavy atom. The number of rotatable bonds is 5. The fourth-order valence-electron chi connectivity index (χ4n) is 3.15. The Balaban J connectivity index is 1.67. The third-order valence-corrected chi connectivity index (χ3v) is 5.11. The van der Waals surface area contributed by atoms with E-state index in [-0.39, 0.29) is 5.91 Å². The van der Waals surface area contributed by atoms with Crippen molar-refractivity contribution in [1.29, 1.82) is 0 Å². The van der Waals surface area contributed by atoms with Crippen molar-refractivity contribution < 1.29 is 13.9 Å². The van der Waals surface area contributed by atoms with Crippen LogP contribution in [0.2, 0.25) is 0 Å². The van der Waals surface area contributed by atoms with Gasteiger partial charge in [-0.15, -0.1) is 0 Å². The summed E-state index contributed by atoms with van der Waals surface area (Å²) in [5.74, 6) is 1.34. The van der Waals surface area contributed by atoms with E-state index >= 15 is 0 Å². The lowest BCUT2D eigenvalue weighted by Crippen LogP contribution is -2.14. The summed E-state index contributed by atoms with van der Waals surface area (Å²) in [5.41, 5.74) is 3.60. The van der Waals surface area contributed by atoms with Gasteiger partial charge in [0.15, 0.2) is 5.76 Å². The number of benzene rings is 3. The molecular weight excluding hydrogens is 444 g/mol. The quantitative estimate of drug-likeness (QED) is 0.375. The van der Waals surface area contributed by atoms with Crippen LogP contribution < -0.4 is 10.1 Å². The maximum atomic E-state index is 13.1. The molecule has 0 bridgehead atoms. The molecule has 0 aliphatic heterocycles. The van der Waals surface area contributed by atoms with Crippen molar-refractivity contribution in [3.05, 3.63) is 88.5 Å². The highest BCUT2D eigenvalue weighted by Crippen LogP contribution is 2.31. The second-order valence-corrected chi connectivity index (χ2v) is 7.66. The first-order chi connectivity index (χ1) is 14.5. The molecule has 0 radical (unpaired) electrons. The van der Waals surface area contributed by atoms with Crippen molar-refractivity contribution >= 4 is 27.5 Å². The molecule has 1 amide bonds. The van der Waals surface area contributed by atoms with Gasteiger partial charge in [-0.2, -0.15) is 0 Å². The second kappa shape index (κ2) is 8.55. The Kier molecular flexibility index (Phi) is 5.68. The standard InChI is InChI=1S/C24H19BrN2O3/c1-15-10-11-21(29-2)20(12-15)27-23(28)18-8-3-4-9-19(18)24-26-14-22(30-24)16-6-5-7-17(25)13-16/h3-14H,1-2H3,(H,27,28). The molecule has 1 aromatic heterocycles. The van der Waals surface area contributed by atoms with Crippen LogP contribution in [0.3, 0.4) is 0 Å². The Labute approximate surface area is 182 Å². The van der Waals surface area contributed by atoms with E-state index in [1.54, 1.807) is 19.4 Å². The molecular formula is C24H19BrN2O3. The van der Waals surface area contributed by atoms with Crippen LogP contribution in [0.15, 0.2) is 81.8 Å². The van der Waals surface area contributed by atoms with Gasteiger partial charge in [0.1, 0.15) is 5.75 Å². The van der Waals surface area contributed by atoms with E-state index < -0.39 is 0 Å². The Morgan fingerprint density at radius 2 is 1.90 bits per heavy atom. The molecule has 30 heavy (non-hydrogen) atoms. The van der Waals surface area contributed by atoms with Crippen molar-refractivity contribution in [1.82, 2.24) is 4.98 Å². The van der Waals surface area contributed by atoms with Crippen LogP contribution in [-0.4, -0.2) is 18.0 Å². The van der Waals surface area contributed by atoms with E-state index in [1.165, 1.54) is 0 Å². The van der Waals surface area contributed by atoms with Gasteiger partial charge in [-0.05, 0) is 48.9 Å². The first-order valence-corrected chi connectivity index (χ1v) is 10.1. The average Bonchev–Trinajstić information content (AvgIpc) is 3.24. The highest BCUT2D eigenvalue weighted by atomic mass is 79.9. The van der Waals surface area contributed by atoms with Gasteiger partial charge in [-0.3, -0.25) is 4.79 Å². The number of aromatic nitrogens is 1. The first kappa shape index (κ1) is 19.9. The number of ether oxygens (including phenoxy) is 1. The zero-order valence-corrected chi connectivity index (χ0v) is 18.1. The van der Waals surface area contributed by atoms with Crippen LogP contribution in [0, 0.1) is 6.92 Å². The van der Waals surface area contributed by atoms with Crippen LogP contribution in [0.4, 0.5) is 5.69 Å². The Morgan fingerprint density at radius 3 is 2.70 bits per heavy atom. The molecule has 150 valence electrons. The lowest BCUT2D eigenvalue weighted by atomic mass is 10.1. The van der Waals surface area contributed by atoms with Gasteiger partial charge in [0.2, 0.25) is 5.89 Å². The Bertz CT molecular complexity index is 1220. The summed E-state index contributed by atoms with van der Waals surface area (Å²) < 4.78 is 12.3. The first-order valence-electron chi connectivity index (χ1n) is 9.32. The van der Waals surface area contributed by atoms with Crippen molar-refractivity contribution in [2.45, 2.75) is 6.92 Å². The third-order valence-electron chi connectivity index (χ3n) is 4.62. The summed E-state index contributed by atoms with van der Waals surface area (Å²) in [7, 11) is 1.57. The molecule has 0 fully saturated rings. The minimum Gasteiger partial charge on any atom is -0.495 e. The van der Waals surface area contributed by atoms with Crippen molar-refractivity contribution in [2.24, 2.45) is 0 Å². The number of hydrogen-bond acceptors (Lipinski definition) is 4. The molecule has 1 heterocycles. The zero-order valence-electron chi connectivity index (χ0n) is 16.5. The van der Waals surface area contributed by atoms with Gasteiger partial charge in [0.25, 0.3) is 5.91 Å². The molecule has 0 unspecified atom stereocenters. The van der Waals surface area contributed by atoms with Crippen molar-refractivity contribution in [2.75, 3.05) is 12.4 Å². The van der Waals surface area contributed by atoms with E-state index in [9.17, 15) is 4.79 Å². The molecule has 0 saturated heterocycles. The molecule has 1 N–H and O–H groups in total. The lowest BCUT2D eigenvalue weighted by molar-refractivity contribution is 0.102. The van der Waals surface area contributed by atoms with Crippen LogP contribution in [0.25, 0.3) is 22.8 Å². The molecule has 3 aromatic carbocycles. The number of hydrogen-bond donors (Lipinski definition) is 1. The molecule has 0 aliphatic rings. The summed E-state index contributed by atoms with van der Waals surface area (Å²) in [4.78, 5) is 17.5. The molecule has 0 atom stereocenters. The fourth-order valence-corrected chi connectivity index (χ4v) is 3.55. The monoisotopic (exact) mass is 462 g/mol. The minimum atomic E-state index is -0.267. The highest BCUT2D eigenvalue weighted by molar-refractivity contribution is 9.10. The molecule has 6 heteroatoms. The topological polar surface area (TPSA) is 64.4 Å². The molecule has 0 aliphatic carbocycles. The van der Waals surface area contributed by atoms with E-state index in [1.807, 2.05) is 67.6 Å². The van der Waals surface area contributed by atoms with Gasteiger partial charge in [0.05, 0.1) is 24.6 Å². The smallest absolute Gasteiger partial charge is 0.256 e. The number of amides is 1. The number of nitrogens with zero attached hydrogens (tertiary/aromatic N) is 1. The predicted molar refractivity (Wildman–Crippen MR) is 121 cm³/mol. The van der Waals surface area contributed by atoms with Crippen LogP contribution in [0.1, 0.15) is 15.9 Å². The van der Waals surface area contributed by atoms with Gasteiger partial charge < -0.3 is 14.5 Å². The van der Waals surface area contributed by atoms with Crippen molar-refractivity contribution in [3.63, 3.8) is 0 Å². The van der Waals surface area contributed by atoms with Crippen molar-refractivity contribution in [3.8, 4) is 28.5 Å². The molecule has 5 nitrogen and oxygen atoms in total. The number of aryl methyl sites for hydroxylation is 1. The lowest BCUT2D eigenvalue weighted by Gasteiger charge is -2.12. The second-order valence-electron chi connectivity index (χ2n) is 6.74. The summed E-state index contributed by atoms with van der Waals surface area (Å²) >= 11 is 3.46. The fraction of sp³-hybridized carbons (Fsp3) is 0.0833. The van der Waals surface area contributed by atoms with Gasteiger partial charge in [-0.1, -0.05) is 46.3 Å². The molecule has 0 spiro atoms. The van der Waals surface area contributed by atoms with Gasteiger partial charge >= 0.3 is 0 Å². The number of oxazole rings is 1. The summed E-state index contributed by atoms with van der Waals surface area (Å²) in [5, 5.41) is 2.94. The van der Waals surface area contributed by atoms with E-state index in [0.717, 1.165) is 15.6 Å². The molecule has 4 rings (SSSR count). The van der Waals surface area contributed by atoms with Gasteiger partial charge in [-0.25, -0.2) is 4.98 Å². The number of carbonyl (C=O) groups is 1. The normalized spacial score (nSPS) is 10.6. The number of carbonyl (C=O) groups excluding carboxylic acids is 1. The molecule has 0 saturated carbocycles. The number of methoxy groups -OCH3 is 1. The van der Waals surface area contributed by atoms with E-state index in [2.05, 4.69) is 26.2 Å². The van der Waals surface area contributed by atoms with Crippen LogP contribution in [-0.2, 0) is 0 Å². The number of nitrogens with one attached hydrogen (secondary N) is 1. The maximum Gasteiger partial charge on any atom is 0.256 e. The molecule has 4 aromatic rings. The minimum absolute atomic E-state index is 0.267. The maximum absolute atomic E-state index is 13.1. The summed E-state index contributed by atoms with van der Waals surface area (Å²) in [6.45, 7) is 1.96. The van der Waals surface area contributed by atoms with E-state index in [4.69, 9.17) is 9.15 Å². The number of anilines is 1. The highest BCUT2D eigenvalue weighted by Gasteiger charge is 2.18. The SMILES string of the molecule is COc1ccc(C)cc1NC(=O)c1ccccc1-c1ncc(-c2cccc(Br)c2)o1. The summed E-state index contributed by atoms with van der Waals surface area (Å²) in [6.07, 6.45) is 1.66. The zero-order chi connectivity index (χ0) is 21.1. The van der Waals surface area contributed by atoms with Crippen LogP contribution >= 0.6 is 15.9 Å². The third kappa shape index (κ3) is 4.14. The number of halogens is 1.